The van der Waals surface area contributed by atoms with Gasteiger partial charge >= 0.3 is 0 Å². The van der Waals surface area contributed by atoms with E-state index in [4.69, 9.17) is 0 Å². The highest BCUT2D eigenvalue weighted by Crippen LogP contribution is 2.24. The van der Waals surface area contributed by atoms with Crippen LogP contribution in [-0.4, -0.2) is 26.4 Å². The molecule has 1 N–H and O–H groups in total. The van der Waals surface area contributed by atoms with Gasteiger partial charge in [-0.3, -0.25) is 9.36 Å². The zero-order chi connectivity index (χ0) is 19.2. The van der Waals surface area contributed by atoms with Crippen LogP contribution in [0.4, 0.5) is 10.1 Å². The highest BCUT2D eigenvalue weighted by atomic mass is 32.2. The first-order valence-corrected chi connectivity index (χ1v) is 9.34. The van der Waals surface area contributed by atoms with Crippen LogP contribution in [0.15, 0.2) is 66.3 Å². The molecule has 1 aromatic heterocycles. The molecule has 1 amide bonds. The van der Waals surface area contributed by atoms with Crippen LogP contribution >= 0.6 is 11.8 Å². The fraction of sp³-hybridized carbons (Fsp3) is 0.150. The topological polar surface area (TPSA) is 59.8 Å². The average Bonchev–Trinajstić information content (AvgIpc) is 3.06. The number of nitrogens with zero attached hydrogens (tertiary/aromatic N) is 3. The third kappa shape index (κ3) is 4.83. The molecule has 0 saturated heterocycles. The van der Waals surface area contributed by atoms with Crippen molar-refractivity contribution in [3.05, 3.63) is 72.6 Å². The molecule has 0 radical (unpaired) electrons. The maximum atomic E-state index is 13.2. The van der Waals surface area contributed by atoms with Crippen LogP contribution in [0.5, 0.6) is 0 Å². The number of rotatable bonds is 7. The minimum absolute atomic E-state index is 0.125. The summed E-state index contributed by atoms with van der Waals surface area (Å²) in [5.74, 6) is 0.375. The Labute approximate surface area is 161 Å². The molecule has 3 rings (SSSR count). The van der Waals surface area contributed by atoms with Crippen molar-refractivity contribution in [1.82, 2.24) is 14.8 Å². The van der Waals surface area contributed by atoms with E-state index in [1.54, 1.807) is 18.2 Å². The van der Waals surface area contributed by atoms with E-state index in [1.165, 1.54) is 23.9 Å². The lowest BCUT2D eigenvalue weighted by molar-refractivity contribution is -0.113. The Morgan fingerprint density at radius 1 is 1.19 bits per heavy atom. The van der Waals surface area contributed by atoms with Gasteiger partial charge in [0, 0.05) is 17.8 Å². The minimum atomic E-state index is -0.309. The third-order valence-corrected chi connectivity index (χ3v) is 4.77. The standard InChI is InChI=1S/C20H19FN4OS/c1-3-12-25-19(15-6-8-16(21)9-7-15)23-24-20(25)27-13-18(26)22-17-10-4-14(2)5-11-17/h3-11H,1,12-13H2,2H3,(H,22,26). The van der Waals surface area contributed by atoms with E-state index in [0.717, 1.165) is 16.8 Å². The van der Waals surface area contributed by atoms with Gasteiger partial charge in [0.15, 0.2) is 11.0 Å². The van der Waals surface area contributed by atoms with Crippen molar-refractivity contribution in [2.45, 2.75) is 18.6 Å². The molecule has 0 saturated carbocycles. The number of nitrogens with one attached hydrogen (secondary N) is 1. The molecule has 0 aliphatic heterocycles. The van der Waals surface area contributed by atoms with Crippen molar-refractivity contribution in [2.24, 2.45) is 0 Å². The Morgan fingerprint density at radius 2 is 1.89 bits per heavy atom. The zero-order valence-electron chi connectivity index (χ0n) is 14.9. The highest BCUT2D eigenvalue weighted by Gasteiger charge is 2.15. The van der Waals surface area contributed by atoms with Crippen LogP contribution in [0, 0.1) is 12.7 Å². The molecule has 1 heterocycles. The van der Waals surface area contributed by atoms with E-state index in [1.807, 2.05) is 35.8 Å². The summed E-state index contributed by atoms with van der Waals surface area (Å²) >= 11 is 1.29. The van der Waals surface area contributed by atoms with Gasteiger partial charge in [-0.15, -0.1) is 16.8 Å². The second kappa shape index (κ2) is 8.64. The van der Waals surface area contributed by atoms with Gasteiger partial charge < -0.3 is 5.32 Å². The summed E-state index contributed by atoms with van der Waals surface area (Å²) in [6, 6.07) is 13.7. The summed E-state index contributed by atoms with van der Waals surface area (Å²) in [4.78, 5) is 12.2. The molecular formula is C20H19FN4OS. The van der Waals surface area contributed by atoms with Crippen molar-refractivity contribution < 1.29 is 9.18 Å². The van der Waals surface area contributed by atoms with Gasteiger partial charge in [0.1, 0.15) is 5.82 Å². The Hall–Kier alpha value is -2.93. The first-order chi connectivity index (χ1) is 13.1. The van der Waals surface area contributed by atoms with Gasteiger partial charge in [-0.1, -0.05) is 35.5 Å². The van der Waals surface area contributed by atoms with E-state index in [9.17, 15) is 9.18 Å². The lowest BCUT2D eigenvalue weighted by Crippen LogP contribution is -2.14. The van der Waals surface area contributed by atoms with Gasteiger partial charge in [0.25, 0.3) is 0 Å². The smallest absolute Gasteiger partial charge is 0.234 e. The van der Waals surface area contributed by atoms with E-state index < -0.39 is 0 Å². The molecular weight excluding hydrogens is 363 g/mol. The number of aryl methyl sites for hydroxylation is 1. The van der Waals surface area contributed by atoms with Crippen LogP contribution in [0.3, 0.4) is 0 Å². The second-order valence-corrected chi connectivity index (χ2v) is 6.86. The van der Waals surface area contributed by atoms with Crippen LogP contribution in [0.2, 0.25) is 0 Å². The fourth-order valence-corrected chi connectivity index (χ4v) is 3.21. The number of amides is 1. The van der Waals surface area contributed by atoms with Gasteiger partial charge in [-0.2, -0.15) is 0 Å². The largest absolute Gasteiger partial charge is 0.325 e. The number of carbonyl (C=O) groups is 1. The fourth-order valence-electron chi connectivity index (χ4n) is 2.47. The summed E-state index contributed by atoms with van der Waals surface area (Å²) in [7, 11) is 0. The van der Waals surface area contributed by atoms with Crippen LogP contribution < -0.4 is 5.32 Å². The third-order valence-electron chi connectivity index (χ3n) is 3.80. The quantitative estimate of drug-likeness (QED) is 0.489. The predicted molar refractivity (Wildman–Crippen MR) is 106 cm³/mol. The maximum Gasteiger partial charge on any atom is 0.234 e. The number of halogens is 1. The van der Waals surface area contributed by atoms with Crippen molar-refractivity contribution >= 4 is 23.4 Å². The predicted octanol–water partition coefficient (Wildman–Crippen LogP) is 4.31. The Bertz CT molecular complexity index is 936. The number of benzene rings is 2. The molecule has 0 aliphatic carbocycles. The molecule has 0 spiro atoms. The normalized spacial score (nSPS) is 10.6. The van der Waals surface area contributed by atoms with Crippen molar-refractivity contribution in [1.29, 1.82) is 0 Å². The molecule has 0 bridgehead atoms. The Balaban J connectivity index is 1.70. The zero-order valence-corrected chi connectivity index (χ0v) is 15.7. The molecule has 27 heavy (non-hydrogen) atoms. The number of aromatic nitrogens is 3. The lowest BCUT2D eigenvalue weighted by Gasteiger charge is -2.08. The lowest BCUT2D eigenvalue weighted by atomic mass is 10.2. The molecule has 0 atom stereocenters. The number of thioether (sulfide) groups is 1. The van der Waals surface area contributed by atoms with Gasteiger partial charge in [0.2, 0.25) is 5.91 Å². The summed E-state index contributed by atoms with van der Waals surface area (Å²) in [5, 5.41) is 11.8. The molecule has 2 aromatic carbocycles. The molecule has 0 fully saturated rings. The maximum absolute atomic E-state index is 13.2. The van der Waals surface area contributed by atoms with E-state index >= 15 is 0 Å². The Morgan fingerprint density at radius 3 is 2.56 bits per heavy atom. The highest BCUT2D eigenvalue weighted by molar-refractivity contribution is 7.99. The summed E-state index contributed by atoms with van der Waals surface area (Å²) in [5.41, 5.74) is 2.64. The van der Waals surface area contributed by atoms with Gasteiger partial charge in [-0.25, -0.2) is 4.39 Å². The summed E-state index contributed by atoms with van der Waals surface area (Å²) < 4.78 is 15.0. The number of hydrogen-bond donors (Lipinski definition) is 1. The molecule has 138 valence electrons. The molecule has 3 aromatic rings. The first kappa shape index (κ1) is 18.8. The molecule has 5 nitrogen and oxygen atoms in total. The van der Waals surface area contributed by atoms with Crippen molar-refractivity contribution in [3.63, 3.8) is 0 Å². The van der Waals surface area contributed by atoms with Gasteiger partial charge in [0.05, 0.1) is 5.75 Å². The number of anilines is 1. The molecule has 7 heteroatoms. The summed E-state index contributed by atoms with van der Waals surface area (Å²) in [6.45, 7) is 6.24. The molecule has 0 aliphatic rings. The number of hydrogen-bond acceptors (Lipinski definition) is 4. The Kier molecular flexibility index (Phi) is 6.03. The number of carbonyl (C=O) groups excluding carboxylic acids is 1. The van der Waals surface area contributed by atoms with E-state index in [2.05, 4.69) is 22.1 Å². The monoisotopic (exact) mass is 382 g/mol. The van der Waals surface area contributed by atoms with Crippen molar-refractivity contribution in [2.75, 3.05) is 11.1 Å². The first-order valence-electron chi connectivity index (χ1n) is 8.36. The number of allylic oxidation sites excluding steroid dienone is 1. The second-order valence-electron chi connectivity index (χ2n) is 5.92. The average molecular weight is 382 g/mol. The van der Waals surface area contributed by atoms with Crippen molar-refractivity contribution in [3.8, 4) is 11.4 Å². The van der Waals surface area contributed by atoms with Crippen LogP contribution in [0.25, 0.3) is 11.4 Å². The van der Waals surface area contributed by atoms with Crippen LogP contribution in [0.1, 0.15) is 5.56 Å². The minimum Gasteiger partial charge on any atom is -0.325 e. The summed E-state index contributed by atoms with van der Waals surface area (Å²) in [6.07, 6.45) is 1.73. The van der Waals surface area contributed by atoms with Crippen LogP contribution in [-0.2, 0) is 11.3 Å². The molecule has 0 unspecified atom stereocenters. The van der Waals surface area contributed by atoms with Gasteiger partial charge in [-0.05, 0) is 43.3 Å². The SMILES string of the molecule is C=CCn1c(SCC(=O)Nc2ccc(C)cc2)nnc1-c1ccc(F)cc1. The van der Waals surface area contributed by atoms with E-state index in [0.29, 0.717) is 17.5 Å². The van der Waals surface area contributed by atoms with E-state index in [-0.39, 0.29) is 17.5 Å².